The van der Waals surface area contributed by atoms with E-state index < -0.39 is 0 Å². The zero-order valence-corrected chi connectivity index (χ0v) is 25.5. The van der Waals surface area contributed by atoms with Crippen LogP contribution in [0.25, 0.3) is 43.6 Å². The lowest BCUT2D eigenvalue weighted by atomic mass is 9.93. The molecule has 0 saturated carbocycles. The second kappa shape index (κ2) is 10.6. The van der Waals surface area contributed by atoms with Crippen molar-refractivity contribution in [1.82, 2.24) is 35.1 Å². The van der Waals surface area contributed by atoms with Crippen molar-refractivity contribution in [3.05, 3.63) is 82.4 Å². The summed E-state index contributed by atoms with van der Waals surface area (Å²) in [4.78, 5) is 71.8. The van der Waals surface area contributed by atoms with E-state index in [9.17, 15) is 19.2 Å². The van der Waals surface area contributed by atoms with Crippen LogP contribution >= 0.6 is 0 Å². The normalized spacial score (nSPS) is 14.7. The first-order valence-corrected chi connectivity index (χ1v) is 15.6. The molecule has 2 aliphatic heterocycles. The summed E-state index contributed by atoms with van der Waals surface area (Å²) in [5, 5.41) is 6.39. The standard InChI is InChI=1S/C35H31N7O4/c1-18-37-26-16-24-28-20(30(26)39-18)8-5-10-22(28)32(43)41(34(24)45)14-4-3-12-36-13-7-15-42-33(44)23-11-6-9-21-29(23)25(35(42)46)17-27-31(21)40-19(2)38-27/h5-6,8-11,16-17,36H,3-4,7,12-15H2,1-2H3,(H,37,39)(H,38,40). The van der Waals surface area contributed by atoms with E-state index in [1.807, 2.05) is 38.1 Å². The number of rotatable bonds is 9. The number of aromatic nitrogens is 4. The largest absolute Gasteiger partial charge is 0.342 e. The molecule has 46 heavy (non-hydrogen) atoms. The molecule has 0 spiro atoms. The number of imide groups is 2. The Kier molecular flexibility index (Phi) is 6.47. The molecule has 4 amide bonds. The van der Waals surface area contributed by atoms with Gasteiger partial charge in [-0.25, -0.2) is 9.97 Å². The van der Waals surface area contributed by atoms with E-state index >= 15 is 0 Å². The Morgan fingerprint density at radius 3 is 1.59 bits per heavy atom. The van der Waals surface area contributed by atoms with Gasteiger partial charge in [0.25, 0.3) is 23.6 Å². The minimum atomic E-state index is -0.299. The number of H-pyrrole nitrogens is 2. The van der Waals surface area contributed by atoms with Gasteiger partial charge in [-0.2, -0.15) is 0 Å². The van der Waals surface area contributed by atoms with Crippen molar-refractivity contribution >= 4 is 67.2 Å². The molecular weight excluding hydrogens is 582 g/mol. The van der Waals surface area contributed by atoms with Crippen molar-refractivity contribution in [2.75, 3.05) is 26.2 Å². The van der Waals surface area contributed by atoms with Gasteiger partial charge in [-0.1, -0.05) is 24.3 Å². The van der Waals surface area contributed by atoms with Crippen molar-refractivity contribution in [2.45, 2.75) is 33.1 Å². The number of aromatic amines is 2. The Hall–Kier alpha value is -5.42. The molecule has 0 fully saturated rings. The molecule has 0 saturated heterocycles. The highest BCUT2D eigenvalue weighted by Gasteiger charge is 2.35. The summed E-state index contributed by atoms with van der Waals surface area (Å²) in [6.07, 6.45) is 1.99. The summed E-state index contributed by atoms with van der Waals surface area (Å²) < 4.78 is 0. The minimum absolute atomic E-state index is 0.275. The number of imidazole rings is 2. The molecule has 2 aliphatic rings. The SMILES string of the molecule is Cc1nc2cc3c4c(cccc4c2[nH]1)C(=O)N(CCCCNCCCN1C(=O)c2cccc4c2c(cc2nc(C)[nH]c24)C1=O)C3=O. The number of unbranched alkanes of at least 4 members (excludes halogenated alkanes) is 1. The lowest BCUT2D eigenvalue weighted by molar-refractivity contribution is 0.0591. The van der Waals surface area contributed by atoms with Gasteiger partial charge >= 0.3 is 0 Å². The predicted octanol–water partition coefficient (Wildman–Crippen LogP) is 5.01. The Morgan fingerprint density at radius 2 is 1.07 bits per heavy atom. The number of aryl methyl sites for hydroxylation is 2. The molecule has 11 nitrogen and oxygen atoms in total. The highest BCUT2D eigenvalue weighted by Crippen LogP contribution is 2.36. The van der Waals surface area contributed by atoms with Crippen molar-refractivity contribution in [3.63, 3.8) is 0 Å². The number of carbonyl (C=O) groups excluding carboxylic acids is 4. The fourth-order valence-electron chi connectivity index (χ4n) is 7.03. The second-order valence-electron chi connectivity index (χ2n) is 12.1. The lowest BCUT2D eigenvalue weighted by Crippen LogP contribution is -2.41. The van der Waals surface area contributed by atoms with Gasteiger partial charge < -0.3 is 15.3 Å². The highest BCUT2D eigenvalue weighted by molar-refractivity contribution is 6.30. The van der Waals surface area contributed by atoms with Crippen LogP contribution in [0.3, 0.4) is 0 Å². The highest BCUT2D eigenvalue weighted by atomic mass is 16.2. The van der Waals surface area contributed by atoms with Gasteiger partial charge in [-0.3, -0.25) is 29.0 Å². The molecule has 2 aromatic heterocycles. The zero-order valence-electron chi connectivity index (χ0n) is 25.5. The fraction of sp³-hybridized carbons (Fsp3) is 0.257. The van der Waals surface area contributed by atoms with E-state index in [1.165, 1.54) is 9.80 Å². The smallest absolute Gasteiger partial charge is 0.261 e. The number of hydrogen-bond acceptors (Lipinski definition) is 7. The van der Waals surface area contributed by atoms with Gasteiger partial charge in [-0.15, -0.1) is 0 Å². The van der Waals surface area contributed by atoms with Crippen LogP contribution in [0.5, 0.6) is 0 Å². The number of fused-ring (bicyclic) bond motifs is 4. The van der Waals surface area contributed by atoms with Gasteiger partial charge in [0, 0.05) is 45.8 Å². The summed E-state index contributed by atoms with van der Waals surface area (Å²) in [6.45, 7) is 5.64. The van der Waals surface area contributed by atoms with Gasteiger partial charge in [0.1, 0.15) is 11.6 Å². The maximum absolute atomic E-state index is 13.5. The van der Waals surface area contributed by atoms with Gasteiger partial charge in [0.2, 0.25) is 0 Å². The Labute approximate surface area is 263 Å². The summed E-state index contributed by atoms with van der Waals surface area (Å²) in [5.41, 5.74) is 5.15. The molecular formula is C35H31N7O4. The molecule has 0 radical (unpaired) electrons. The minimum Gasteiger partial charge on any atom is -0.342 e. The van der Waals surface area contributed by atoms with E-state index in [2.05, 4.69) is 25.3 Å². The third-order valence-electron chi connectivity index (χ3n) is 9.09. The molecule has 0 aliphatic carbocycles. The van der Waals surface area contributed by atoms with Crippen LogP contribution in [0, 0.1) is 13.8 Å². The monoisotopic (exact) mass is 613 g/mol. The third-order valence-corrected chi connectivity index (χ3v) is 9.09. The summed E-state index contributed by atoms with van der Waals surface area (Å²) in [6, 6.07) is 14.6. The van der Waals surface area contributed by atoms with Gasteiger partial charge in [-0.05, 0) is 70.5 Å². The van der Waals surface area contributed by atoms with Gasteiger partial charge in [0.05, 0.1) is 33.2 Å². The van der Waals surface area contributed by atoms with Crippen LogP contribution < -0.4 is 5.32 Å². The van der Waals surface area contributed by atoms with E-state index in [0.29, 0.717) is 83.1 Å². The van der Waals surface area contributed by atoms with Crippen molar-refractivity contribution in [1.29, 1.82) is 0 Å². The Balaban J connectivity index is 0.865. The lowest BCUT2D eigenvalue weighted by Gasteiger charge is -2.27. The number of amides is 4. The molecule has 4 aromatic carbocycles. The molecule has 230 valence electrons. The number of nitrogens with zero attached hydrogens (tertiary/aromatic N) is 4. The molecule has 0 atom stereocenters. The number of carbonyl (C=O) groups is 4. The molecule has 11 heteroatoms. The van der Waals surface area contributed by atoms with E-state index in [-0.39, 0.29) is 23.6 Å². The summed E-state index contributed by atoms with van der Waals surface area (Å²) >= 11 is 0. The molecule has 0 bridgehead atoms. The fourth-order valence-corrected chi connectivity index (χ4v) is 7.03. The third kappa shape index (κ3) is 4.22. The molecule has 4 heterocycles. The Morgan fingerprint density at radius 1 is 0.609 bits per heavy atom. The van der Waals surface area contributed by atoms with Crippen LogP contribution in [0.4, 0.5) is 0 Å². The first-order valence-electron chi connectivity index (χ1n) is 15.6. The second-order valence-corrected chi connectivity index (χ2v) is 12.1. The van der Waals surface area contributed by atoms with Crippen LogP contribution in [-0.2, 0) is 0 Å². The van der Waals surface area contributed by atoms with Gasteiger partial charge in [0.15, 0.2) is 0 Å². The topological polar surface area (TPSA) is 144 Å². The first kappa shape index (κ1) is 28.1. The predicted molar refractivity (Wildman–Crippen MR) is 174 cm³/mol. The van der Waals surface area contributed by atoms with Crippen LogP contribution in [0.15, 0.2) is 48.5 Å². The molecule has 0 unspecified atom stereocenters. The average molecular weight is 614 g/mol. The molecule has 6 aromatic rings. The van der Waals surface area contributed by atoms with Crippen LogP contribution in [-0.4, -0.2) is 79.5 Å². The van der Waals surface area contributed by atoms with Crippen LogP contribution in [0.2, 0.25) is 0 Å². The van der Waals surface area contributed by atoms with Crippen molar-refractivity contribution in [2.24, 2.45) is 0 Å². The Bertz CT molecular complexity index is 2140. The van der Waals surface area contributed by atoms with E-state index in [0.717, 1.165) is 39.9 Å². The molecule has 8 rings (SSSR count). The van der Waals surface area contributed by atoms with Crippen molar-refractivity contribution < 1.29 is 19.2 Å². The maximum atomic E-state index is 13.5. The van der Waals surface area contributed by atoms with E-state index in [4.69, 9.17) is 0 Å². The summed E-state index contributed by atoms with van der Waals surface area (Å²) in [7, 11) is 0. The van der Waals surface area contributed by atoms with Crippen molar-refractivity contribution in [3.8, 4) is 0 Å². The zero-order chi connectivity index (χ0) is 31.7. The van der Waals surface area contributed by atoms with E-state index in [1.54, 1.807) is 24.3 Å². The average Bonchev–Trinajstić information content (AvgIpc) is 3.63. The number of benzene rings is 4. The quantitative estimate of drug-likeness (QED) is 0.154. The maximum Gasteiger partial charge on any atom is 0.261 e. The molecule has 3 N–H and O–H groups in total. The number of nitrogens with one attached hydrogen (secondary N) is 3. The summed E-state index contributed by atoms with van der Waals surface area (Å²) in [5.74, 6) is 0.359. The number of hydrogen-bond donors (Lipinski definition) is 3. The van der Waals surface area contributed by atoms with Crippen LogP contribution in [0.1, 0.15) is 72.3 Å². The first-order chi connectivity index (χ1) is 22.3.